The average Bonchev–Trinajstić information content (AvgIpc) is 2.49. The largest absolute Gasteiger partial charge is 0.482 e. The van der Waals surface area contributed by atoms with Gasteiger partial charge in [0.15, 0.2) is 6.61 Å². The van der Waals surface area contributed by atoms with Crippen molar-refractivity contribution in [3.63, 3.8) is 0 Å². The van der Waals surface area contributed by atoms with Crippen molar-refractivity contribution in [2.75, 3.05) is 33.4 Å². The number of hydrogen-bond acceptors (Lipinski definition) is 4. The fourth-order valence-electron chi connectivity index (χ4n) is 1.59. The minimum Gasteiger partial charge on any atom is -0.482 e. The lowest BCUT2D eigenvalue weighted by molar-refractivity contribution is -0.133. The van der Waals surface area contributed by atoms with Gasteiger partial charge in [0.25, 0.3) is 5.91 Å². The van der Waals surface area contributed by atoms with Crippen molar-refractivity contribution >= 4 is 5.91 Å². The second-order valence-corrected chi connectivity index (χ2v) is 4.02. The van der Waals surface area contributed by atoms with Crippen LogP contribution in [0.25, 0.3) is 0 Å². The highest BCUT2D eigenvalue weighted by Gasteiger charge is 2.13. The van der Waals surface area contributed by atoms with Crippen LogP contribution in [0.1, 0.15) is 5.56 Å². The van der Waals surface area contributed by atoms with Crippen LogP contribution in [-0.2, 0) is 9.53 Å². The van der Waals surface area contributed by atoms with Crippen LogP contribution < -0.4 is 4.74 Å². The molecule has 1 aromatic carbocycles. The molecule has 0 spiro atoms. The molecule has 0 saturated heterocycles. The van der Waals surface area contributed by atoms with E-state index < -0.39 is 0 Å². The summed E-state index contributed by atoms with van der Waals surface area (Å²) in [7, 11) is 1.58. The van der Waals surface area contributed by atoms with Gasteiger partial charge in [-0.1, -0.05) is 18.2 Å². The van der Waals surface area contributed by atoms with Crippen LogP contribution >= 0.6 is 0 Å². The van der Waals surface area contributed by atoms with Gasteiger partial charge in [-0.25, -0.2) is 0 Å². The standard InChI is InChI=1S/C15H18N2O3/c1-3-8-17(9-10-19-2)15(18)12-20-14-7-5-4-6-13(14)11-16/h3-7H,1,8-10,12H2,2H3. The average molecular weight is 274 g/mol. The fraction of sp³-hybridized carbons (Fsp3) is 0.333. The van der Waals surface area contributed by atoms with Crippen LogP contribution in [0.4, 0.5) is 0 Å². The van der Waals surface area contributed by atoms with Gasteiger partial charge < -0.3 is 14.4 Å². The Morgan fingerprint density at radius 2 is 2.25 bits per heavy atom. The van der Waals surface area contributed by atoms with Gasteiger partial charge in [-0.3, -0.25) is 4.79 Å². The lowest BCUT2D eigenvalue weighted by Gasteiger charge is -2.20. The van der Waals surface area contributed by atoms with E-state index in [2.05, 4.69) is 6.58 Å². The third-order valence-corrected chi connectivity index (χ3v) is 2.63. The zero-order valence-corrected chi connectivity index (χ0v) is 11.5. The van der Waals surface area contributed by atoms with E-state index in [1.54, 1.807) is 42.4 Å². The van der Waals surface area contributed by atoms with Gasteiger partial charge in [0.05, 0.1) is 12.2 Å². The molecule has 5 heteroatoms. The second-order valence-electron chi connectivity index (χ2n) is 4.02. The Balaban J connectivity index is 2.60. The molecule has 0 fully saturated rings. The van der Waals surface area contributed by atoms with Crippen molar-refractivity contribution in [2.24, 2.45) is 0 Å². The van der Waals surface area contributed by atoms with Gasteiger partial charge in [-0.05, 0) is 12.1 Å². The number of carbonyl (C=O) groups is 1. The zero-order chi connectivity index (χ0) is 14.8. The molecule has 0 atom stereocenters. The van der Waals surface area contributed by atoms with Crippen molar-refractivity contribution < 1.29 is 14.3 Å². The molecular weight excluding hydrogens is 256 g/mol. The van der Waals surface area contributed by atoms with E-state index in [1.165, 1.54) is 0 Å². The molecule has 0 bridgehead atoms. The van der Waals surface area contributed by atoms with Crippen molar-refractivity contribution in [3.05, 3.63) is 42.5 Å². The van der Waals surface area contributed by atoms with Gasteiger partial charge in [0.2, 0.25) is 0 Å². The first-order valence-electron chi connectivity index (χ1n) is 6.22. The maximum Gasteiger partial charge on any atom is 0.260 e. The molecule has 1 aromatic rings. The molecule has 0 unspecified atom stereocenters. The Bertz CT molecular complexity index is 494. The SMILES string of the molecule is C=CCN(CCOC)C(=O)COc1ccccc1C#N. The molecule has 1 amide bonds. The van der Waals surface area contributed by atoms with E-state index in [-0.39, 0.29) is 12.5 Å². The van der Waals surface area contributed by atoms with Gasteiger partial charge in [-0.15, -0.1) is 6.58 Å². The molecule has 106 valence electrons. The lowest BCUT2D eigenvalue weighted by Crippen LogP contribution is -2.37. The summed E-state index contributed by atoms with van der Waals surface area (Å²) in [5, 5.41) is 8.94. The maximum absolute atomic E-state index is 12.0. The highest BCUT2D eigenvalue weighted by molar-refractivity contribution is 5.78. The van der Waals surface area contributed by atoms with E-state index in [9.17, 15) is 4.79 Å². The van der Waals surface area contributed by atoms with Crippen molar-refractivity contribution in [1.82, 2.24) is 4.90 Å². The van der Waals surface area contributed by atoms with Crippen molar-refractivity contribution in [1.29, 1.82) is 5.26 Å². The number of nitrogens with zero attached hydrogens (tertiary/aromatic N) is 2. The lowest BCUT2D eigenvalue weighted by atomic mass is 10.2. The van der Waals surface area contributed by atoms with Crippen LogP contribution in [0.15, 0.2) is 36.9 Å². The molecule has 0 radical (unpaired) electrons. The second kappa shape index (κ2) is 8.73. The number of carbonyl (C=O) groups excluding carboxylic acids is 1. The number of amides is 1. The van der Waals surface area contributed by atoms with E-state index >= 15 is 0 Å². The monoisotopic (exact) mass is 274 g/mol. The number of para-hydroxylation sites is 1. The topological polar surface area (TPSA) is 62.6 Å². The summed E-state index contributed by atoms with van der Waals surface area (Å²) in [5.74, 6) is 0.239. The summed E-state index contributed by atoms with van der Waals surface area (Å²) >= 11 is 0. The smallest absolute Gasteiger partial charge is 0.260 e. The number of rotatable bonds is 8. The summed E-state index contributed by atoms with van der Waals surface area (Å²) in [6.07, 6.45) is 1.65. The first-order valence-corrected chi connectivity index (χ1v) is 6.22. The minimum atomic E-state index is -0.172. The van der Waals surface area contributed by atoms with Crippen LogP contribution in [-0.4, -0.2) is 44.2 Å². The van der Waals surface area contributed by atoms with Crippen molar-refractivity contribution in [3.8, 4) is 11.8 Å². The van der Waals surface area contributed by atoms with Crippen LogP contribution in [0.5, 0.6) is 5.75 Å². The molecule has 0 N–H and O–H groups in total. The van der Waals surface area contributed by atoms with Gasteiger partial charge in [0.1, 0.15) is 11.8 Å². The third-order valence-electron chi connectivity index (χ3n) is 2.63. The molecule has 1 rings (SSSR count). The number of nitriles is 1. The summed E-state index contributed by atoms with van der Waals surface area (Å²) in [4.78, 5) is 13.6. The van der Waals surface area contributed by atoms with E-state index in [4.69, 9.17) is 14.7 Å². The Morgan fingerprint density at radius 1 is 1.50 bits per heavy atom. The highest BCUT2D eigenvalue weighted by atomic mass is 16.5. The summed E-state index contributed by atoms with van der Waals surface area (Å²) in [6.45, 7) is 4.87. The Hall–Kier alpha value is -2.32. The van der Waals surface area contributed by atoms with Crippen LogP contribution in [0, 0.1) is 11.3 Å². The van der Waals surface area contributed by atoms with Crippen LogP contribution in [0.3, 0.4) is 0 Å². The highest BCUT2D eigenvalue weighted by Crippen LogP contribution is 2.16. The molecular formula is C15H18N2O3. The minimum absolute atomic E-state index is 0.115. The maximum atomic E-state index is 12.0. The molecule has 0 aliphatic heterocycles. The molecule has 0 saturated carbocycles. The molecule has 0 aromatic heterocycles. The quantitative estimate of drug-likeness (QED) is 0.675. The molecule has 0 aliphatic rings. The predicted octanol–water partition coefficient (Wildman–Crippen LogP) is 1.60. The van der Waals surface area contributed by atoms with Gasteiger partial charge in [0, 0.05) is 20.2 Å². The van der Waals surface area contributed by atoms with E-state index in [0.29, 0.717) is 31.0 Å². The Morgan fingerprint density at radius 3 is 2.90 bits per heavy atom. The predicted molar refractivity (Wildman–Crippen MR) is 75.3 cm³/mol. The molecule has 20 heavy (non-hydrogen) atoms. The van der Waals surface area contributed by atoms with E-state index in [0.717, 1.165) is 0 Å². The normalized spacial score (nSPS) is 9.60. The van der Waals surface area contributed by atoms with Crippen LogP contribution in [0.2, 0.25) is 0 Å². The summed E-state index contributed by atoms with van der Waals surface area (Å²) in [5.41, 5.74) is 0.410. The molecule has 0 aliphatic carbocycles. The number of ether oxygens (including phenoxy) is 2. The zero-order valence-electron chi connectivity index (χ0n) is 11.5. The fourth-order valence-corrected chi connectivity index (χ4v) is 1.59. The summed E-state index contributed by atoms with van der Waals surface area (Å²) in [6, 6.07) is 8.84. The summed E-state index contributed by atoms with van der Waals surface area (Å²) < 4.78 is 10.4. The molecule has 0 heterocycles. The first kappa shape index (κ1) is 15.7. The number of benzene rings is 1. The van der Waals surface area contributed by atoms with Gasteiger partial charge >= 0.3 is 0 Å². The first-order chi connectivity index (χ1) is 9.72. The number of hydrogen-bond donors (Lipinski definition) is 0. The Kier molecular flexibility index (Phi) is 6.87. The van der Waals surface area contributed by atoms with E-state index in [1.807, 2.05) is 6.07 Å². The molecule has 5 nitrogen and oxygen atoms in total. The third kappa shape index (κ3) is 4.75. The van der Waals surface area contributed by atoms with Crippen molar-refractivity contribution in [2.45, 2.75) is 0 Å². The Labute approximate surface area is 119 Å². The number of methoxy groups -OCH3 is 1. The van der Waals surface area contributed by atoms with Gasteiger partial charge in [-0.2, -0.15) is 5.26 Å².